The van der Waals surface area contributed by atoms with Gasteiger partial charge in [0.2, 0.25) is 0 Å². The van der Waals surface area contributed by atoms with E-state index in [1.165, 1.54) is 0 Å². The molecular weight excluding hydrogens is 250 g/mol. The number of rotatable bonds is 2. The van der Waals surface area contributed by atoms with Crippen LogP contribution in [0.15, 0.2) is 64.8 Å². The predicted octanol–water partition coefficient (Wildman–Crippen LogP) is 3.81. The normalized spacial score (nSPS) is 11.2. The fourth-order valence-corrected chi connectivity index (χ4v) is 1.88. The summed E-state index contributed by atoms with van der Waals surface area (Å²) < 4.78 is 0. The number of anilines is 2. The van der Waals surface area contributed by atoms with Gasteiger partial charge in [-0.15, -0.1) is 10.2 Å². The molecule has 0 bridgehead atoms. The Labute approximate surface area is 116 Å². The van der Waals surface area contributed by atoms with Gasteiger partial charge >= 0.3 is 0 Å². The van der Waals surface area contributed by atoms with Gasteiger partial charge in [-0.1, -0.05) is 18.2 Å². The number of azo groups is 1. The number of aromatic nitrogens is 1. The van der Waals surface area contributed by atoms with E-state index in [0.717, 1.165) is 10.9 Å². The largest absolute Gasteiger partial charge is 0.399 e. The number of nitrogens with zero attached hydrogens (tertiary/aromatic N) is 3. The fraction of sp³-hybridized carbons (Fsp3) is 0. The van der Waals surface area contributed by atoms with Gasteiger partial charge in [0.15, 0.2) is 5.82 Å². The monoisotopic (exact) mass is 263 g/mol. The van der Waals surface area contributed by atoms with Crippen LogP contribution in [-0.2, 0) is 0 Å². The molecule has 0 aliphatic carbocycles. The fourth-order valence-electron chi connectivity index (χ4n) is 1.88. The maximum absolute atomic E-state index is 5.82. The van der Waals surface area contributed by atoms with E-state index >= 15 is 0 Å². The van der Waals surface area contributed by atoms with Crippen LogP contribution in [-0.4, -0.2) is 4.98 Å². The maximum atomic E-state index is 5.82. The van der Waals surface area contributed by atoms with E-state index in [2.05, 4.69) is 15.2 Å². The first-order valence-electron chi connectivity index (χ1n) is 6.15. The lowest BCUT2D eigenvalue weighted by atomic mass is 10.2. The van der Waals surface area contributed by atoms with Crippen LogP contribution in [0, 0.1) is 0 Å². The van der Waals surface area contributed by atoms with E-state index in [9.17, 15) is 0 Å². The Bertz CT molecular complexity index is 795. The highest BCUT2D eigenvalue weighted by atomic mass is 15.1. The first-order chi connectivity index (χ1) is 9.72. The van der Waals surface area contributed by atoms with Crippen molar-refractivity contribution in [2.75, 3.05) is 11.5 Å². The van der Waals surface area contributed by atoms with Crippen LogP contribution in [0.25, 0.3) is 10.9 Å². The smallest absolute Gasteiger partial charge is 0.174 e. The highest BCUT2D eigenvalue weighted by Crippen LogP contribution is 2.26. The quantitative estimate of drug-likeness (QED) is 0.544. The summed E-state index contributed by atoms with van der Waals surface area (Å²) in [6, 6.07) is 16.7. The van der Waals surface area contributed by atoms with Crippen molar-refractivity contribution in [3.63, 3.8) is 0 Å². The van der Waals surface area contributed by atoms with Crippen LogP contribution in [0.4, 0.5) is 22.9 Å². The lowest BCUT2D eigenvalue weighted by molar-refractivity contribution is 1.18. The second kappa shape index (κ2) is 4.97. The summed E-state index contributed by atoms with van der Waals surface area (Å²) in [6.45, 7) is 0. The molecule has 0 amide bonds. The van der Waals surface area contributed by atoms with Gasteiger partial charge in [-0.2, -0.15) is 0 Å². The summed E-state index contributed by atoms with van der Waals surface area (Å²) in [5.41, 5.74) is 14.0. The summed E-state index contributed by atoms with van der Waals surface area (Å²) in [4.78, 5) is 4.41. The topological polar surface area (TPSA) is 89.6 Å². The molecule has 0 aliphatic heterocycles. The minimum Gasteiger partial charge on any atom is -0.399 e. The van der Waals surface area contributed by atoms with E-state index < -0.39 is 0 Å². The predicted molar refractivity (Wildman–Crippen MR) is 81.2 cm³/mol. The number of fused-ring (bicyclic) bond motifs is 1. The van der Waals surface area contributed by atoms with Crippen molar-refractivity contribution >= 4 is 33.8 Å². The lowest BCUT2D eigenvalue weighted by Gasteiger charge is -2.00. The third kappa shape index (κ3) is 2.42. The van der Waals surface area contributed by atoms with Gasteiger partial charge in [0, 0.05) is 11.1 Å². The molecule has 1 aromatic heterocycles. The van der Waals surface area contributed by atoms with Crippen molar-refractivity contribution in [1.29, 1.82) is 0 Å². The highest BCUT2D eigenvalue weighted by molar-refractivity contribution is 5.79. The van der Waals surface area contributed by atoms with Crippen LogP contribution in [0.2, 0.25) is 0 Å². The van der Waals surface area contributed by atoms with Crippen LogP contribution in [0.1, 0.15) is 0 Å². The van der Waals surface area contributed by atoms with Gasteiger partial charge in [-0.05, 0) is 36.4 Å². The maximum Gasteiger partial charge on any atom is 0.174 e. The third-order valence-corrected chi connectivity index (χ3v) is 2.90. The zero-order valence-corrected chi connectivity index (χ0v) is 10.7. The van der Waals surface area contributed by atoms with Gasteiger partial charge < -0.3 is 11.5 Å². The molecular formula is C15H13N5. The first kappa shape index (κ1) is 12.1. The number of hydrogen-bond donors (Lipinski definition) is 2. The van der Waals surface area contributed by atoms with Crippen molar-refractivity contribution in [2.24, 2.45) is 10.2 Å². The molecule has 5 heteroatoms. The third-order valence-electron chi connectivity index (χ3n) is 2.90. The Hall–Kier alpha value is -2.95. The van der Waals surface area contributed by atoms with Crippen LogP contribution in [0.5, 0.6) is 0 Å². The van der Waals surface area contributed by atoms with E-state index in [4.69, 9.17) is 11.5 Å². The second-order valence-electron chi connectivity index (χ2n) is 4.38. The Morgan fingerprint density at radius 2 is 1.70 bits per heavy atom. The standard InChI is InChI=1S/C15H13N5/c16-11-6-7-14(12(17)9-11)19-20-15-8-5-10-3-1-2-4-13(10)18-15/h1-9H,16-17H2. The SMILES string of the molecule is Nc1ccc(N=Nc2ccc3ccccc3n2)c(N)c1. The number of benzene rings is 2. The number of nitrogen functional groups attached to an aromatic ring is 2. The molecule has 98 valence electrons. The Morgan fingerprint density at radius 3 is 2.55 bits per heavy atom. The molecule has 3 rings (SSSR count). The van der Waals surface area contributed by atoms with Gasteiger partial charge in [-0.3, -0.25) is 0 Å². The zero-order valence-electron chi connectivity index (χ0n) is 10.7. The van der Waals surface area contributed by atoms with Crippen molar-refractivity contribution in [3.05, 3.63) is 54.6 Å². The average molecular weight is 263 g/mol. The summed E-state index contributed by atoms with van der Waals surface area (Å²) in [6.07, 6.45) is 0. The number of hydrogen-bond acceptors (Lipinski definition) is 5. The number of para-hydroxylation sites is 1. The van der Waals surface area contributed by atoms with Crippen LogP contribution >= 0.6 is 0 Å². The molecule has 0 saturated heterocycles. The molecule has 3 aromatic rings. The lowest BCUT2D eigenvalue weighted by Crippen LogP contribution is -1.89. The second-order valence-corrected chi connectivity index (χ2v) is 4.38. The van der Waals surface area contributed by atoms with Gasteiger partial charge in [0.1, 0.15) is 5.69 Å². The summed E-state index contributed by atoms with van der Waals surface area (Å²) >= 11 is 0. The van der Waals surface area contributed by atoms with E-state index in [0.29, 0.717) is 22.9 Å². The molecule has 0 unspecified atom stereocenters. The van der Waals surface area contributed by atoms with Gasteiger partial charge in [-0.25, -0.2) is 4.98 Å². The average Bonchev–Trinajstić information content (AvgIpc) is 2.46. The summed E-state index contributed by atoms with van der Waals surface area (Å²) in [5, 5.41) is 9.28. The molecule has 2 aromatic carbocycles. The minimum atomic E-state index is 0.495. The molecule has 1 heterocycles. The van der Waals surface area contributed by atoms with Crippen molar-refractivity contribution in [1.82, 2.24) is 4.98 Å². The van der Waals surface area contributed by atoms with E-state index in [-0.39, 0.29) is 0 Å². The molecule has 0 spiro atoms. The van der Waals surface area contributed by atoms with Crippen LogP contribution in [0.3, 0.4) is 0 Å². The Morgan fingerprint density at radius 1 is 0.850 bits per heavy atom. The molecule has 0 fully saturated rings. The van der Waals surface area contributed by atoms with Gasteiger partial charge in [0.25, 0.3) is 0 Å². The van der Waals surface area contributed by atoms with Gasteiger partial charge in [0.05, 0.1) is 11.2 Å². The van der Waals surface area contributed by atoms with E-state index in [1.807, 2.05) is 36.4 Å². The zero-order chi connectivity index (χ0) is 13.9. The van der Waals surface area contributed by atoms with Crippen molar-refractivity contribution < 1.29 is 0 Å². The summed E-state index contributed by atoms with van der Waals surface area (Å²) in [7, 11) is 0. The Kier molecular flexibility index (Phi) is 3.01. The molecule has 0 saturated carbocycles. The molecule has 0 aliphatic rings. The highest BCUT2D eigenvalue weighted by Gasteiger charge is 1.99. The van der Waals surface area contributed by atoms with Crippen molar-refractivity contribution in [3.8, 4) is 0 Å². The van der Waals surface area contributed by atoms with E-state index in [1.54, 1.807) is 18.2 Å². The minimum absolute atomic E-state index is 0.495. The Balaban J connectivity index is 1.93. The number of pyridine rings is 1. The first-order valence-corrected chi connectivity index (χ1v) is 6.15. The molecule has 0 radical (unpaired) electrons. The molecule has 20 heavy (non-hydrogen) atoms. The molecule has 5 nitrogen and oxygen atoms in total. The van der Waals surface area contributed by atoms with Crippen LogP contribution < -0.4 is 11.5 Å². The number of nitrogens with two attached hydrogens (primary N) is 2. The molecule has 0 atom stereocenters. The summed E-state index contributed by atoms with van der Waals surface area (Å²) in [5.74, 6) is 0.542. The molecule has 4 N–H and O–H groups in total. The van der Waals surface area contributed by atoms with Crippen molar-refractivity contribution in [2.45, 2.75) is 0 Å².